The van der Waals surface area contributed by atoms with Gasteiger partial charge < -0.3 is 25.2 Å². The highest BCUT2D eigenvalue weighted by molar-refractivity contribution is 6.58. The molecule has 1 aliphatic heterocycles. The molecule has 7 nitrogen and oxygen atoms in total. The molecule has 1 aliphatic rings. The second-order valence-corrected chi connectivity index (χ2v) is 10.8. The fourth-order valence-corrected chi connectivity index (χ4v) is 4.71. The number of fused-ring (bicyclic) bond motifs is 1. The van der Waals surface area contributed by atoms with Gasteiger partial charge in [0.2, 0.25) is 0 Å². The highest BCUT2D eigenvalue weighted by Crippen LogP contribution is 2.40. The van der Waals surface area contributed by atoms with Gasteiger partial charge in [0.15, 0.2) is 0 Å². The molecular formula is C30H36BNO6. The molecule has 4 N–H and O–H groups in total. The van der Waals surface area contributed by atoms with E-state index in [0.717, 1.165) is 44.5 Å². The molecule has 1 amide bonds. The highest BCUT2D eigenvalue weighted by atomic mass is 16.4. The van der Waals surface area contributed by atoms with Crippen LogP contribution >= 0.6 is 0 Å². The number of benzene rings is 3. The van der Waals surface area contributed by atoms with Crippen LogP contribution < -0.4 is 5.46 Å². The molecule has 4 rings (SSSR count). The van der Waals surface area contributed by atoms with Crippen LogP contribution in [0.1, 0.15) is 64.5 Å². The standard InChI is InChI=1S/C26H26BNO5.C4H10O/c1-15-7-9-18(10-8-15)25-17(3)23-14-28(13-22(23)16(2)21(25)12-24(29)30)26(31)19-5-4-6-20(11-19)27(32)33;1-4(2,3)5/h4-11,32-33H,12-14H2,1-3H3,(H,29,30);5H,1-3H3. The molecule has 200 valence electrons. The number of rotatable bonds is 5. The van der Waals surface area contributed by atoms with Gasteiger partial charge in [-0.2, -0.15) is 0 Å². The largest absolute Gasteiger partial charge is 0.488 e. The van der Waals surface area contributed by atoms with E-state index < -0.39 is 18.7 Å². The third kappa shape index (κ3) is 6.89. The van der Waals surface area contributed by atoms with Crippen LogP contribution in [-0.4, -0.2) is 49.8 Å². The van der Waals surface area contributed by atoms with Gasteiger partial charge in [0.05, 0.1) is 12.0 Å². The van der Waals surface area contributed by atoms with Crippen molar-refractivity contribution >= 4 is 24.5 Å². The summed E-state index contributed by atoms with van der Waals surface area (Å²) in [6.45, 7) is 12.0. The Bertz CT molecular complexity index is 1340. The third-order valence-electron chi connectivity index (χ3n) is 6.48. The second kappa shape index (κ2) is 11.5. The molecule has 0 saturated carbocycles. The molecule has 0 fully saturated rings. The van der Waals surface area contributed by atoms with Crippen molar-refractivity contribution in [3.8, 4) is 11.1 Å². The lowest BCUT2D eigenvalue weighted by Gasteiger charge is -2.19. The molecule has 8 heteroatoms. The number of nitrogens with zero attached hydrogens (tertiary/aromatic N) is 1. The molecule has 0 saturated heterocycles. The van der Waals surface area contributed by atoms with E-state index in [0.29, 0.717) is 18.7 Å². The summed E-state index contributed by atoms with van der Waals surface area (Å²) in [4.78, 5) is 26.7. The van der Waals surface area contributed by atoms with Crippen LogP contribution in [0.4, 0.5) is 0 Å². The first-order valence-electron chi connectivity index (χ1n) is 12.6. The summed E-state index contributed by atoms with van der Waals surface area (Å²) in [7, 11) is -1.64. The van der Waals surface area contributed by atoms with E-state index in [-0.39, 0.29) is 17.8 Å². The molecule has 1 heterocycles. The van der Waals surface area contributed by atoms with E-state index >= 15 is 0 Å². The Morgan fingerprint density at radius 2 is 1.47 bits per heavy atom. The maximum absolute atomic E-state index is 13.2. The Hall–Kier alpha value is -3.46. The third-order valence-corrected chi connectivity index (χ3v) is 6.48. The first-order valence-corrected chi connectivity index (χ1v) is 12.6. The van der Waals surface area contributed by atoms with Gasteiger partial charge in [-0.25, -0.2) is 0 Å². The quantitative estimate of drug-likeness (QED) is 0.385. The molecule has 0 atom stereocenters. The monoisotopic (exact) mass is 517 g/mol. The first kappa shape index (κ1) is 29.1. The zero-order valence-electron chi connectivity index (χ0n) is 22.9. The number of carboxylic acid groups (broad SMARTS) is 1. The molecule has 0 radical (unpaired) electrons. The predicted octanol–water partition coefficient (Wildman–Crippen LogP) is 3.52. The van der Waals surface area contributed by atoms with Crippen molar-refractivity contribution in [1.82, 2.24) is 4.90 Å². The van der Waals surface area contributed by atoms with Crippen LogP contribution in [0.3, 0.4) is 0 Å². The Balaban J connectivity index is 0.000000732. The lowest BCUT2D eigenvalue weighted by molar-refractivity contribution is -0.136. The number of carbonyl (C=O) groups excluding carboxylic acids is 1. The molecule has 3 aromatic carbocycles. The molecule has 0 aliphatic carbocycles. The number of aliphatic carboxylic acids is 1. The smallest absolute Gasteiger partial charge is 0.481 e. The lowest BCUT2D eigenvalue weighted by Crippen LogP contribution is -2.32. The molecule has 0 bridgehead atoms. The fourth-order valence-electron chi connectivity index (χ4n) is 4.71. The zero-order valence-corrected chi connectivity index (χ0v) is 22.9. The topological polar surface area (TPSA) is 118 Å². The summed E-state index contributed by atoms with van der Waals surface area (Å²) < 4.78 is 0. The summed E-state index contributed by atoms with van der Waals surface area (Å²) >= 11 is 0. The minimum atomic E-state index is -1.64. The molecule has 0 aromatic heterocycles. The van der Waals surface area contributed by atoms with Crippen molar-refractivity contribution in [2.75, 3.05) is 0 Å². The predicted molar refractivity (Wildman–Crippen MR) is 149 cm³/mol. The average Bonchev–Trinajstić information content (AvgIpc) is 3.28. The van der Waals surface area contributed by atoms with Crippen molar-refractivity contribution in [2.45, 2.75) is 66.7 Å². The van der Waals surface area contributed by atoms with Crippen molar-refractivity contribution in [2.24, 2.45) is 0 Å². The number of amides is 1. The number of aliphatic hydroxyl groups is 1. The zero-order chi connectivity index (χ0) is 28.4. The van der Waals surface area contributed by atoms with Crippen LogP contribution in [0, 0.1) is 20.8 Å². The number of hydrogen-bond acceptors (Lipinski definition) is 5. The average molecular weight is 517 g/mol. The van der Waals surface area contributed by atoms with Gasteiger partial charge in [0, 0.05) is 18.7 Å². The van der Waals surface area contributed by atoms with Crippen LogP contribution in [0.25, 0.3) is 11.1 Å². The van der Waals surface area contributed by atoms with Crippen molar-refractivity contribution < 1.29 is 29.9 Å². The molecule has 0 unspecified atom stereocenters. The van der Waals surface area contributed by atoms with Crippen LogP contribution in [-0.2, 0) is 24.3 Å². The van der Waals surface area contributed by atoms with Gasteiger partial charge in [0.25, 0.3) is 5.91 Å². The van der Waals surface area contributed by atoms with Gasteiger partial charge in [-0.1, -0.05) is 42.0 Å². The summed E-state index contributed by atoms with van der Waals surface area (Å²) in [6.07, 6.45) is -0.0897. The molecule has 3 aromatic rings. The van der Waals surface area contributed by atoms with E-state index in [4.69, 9.17) is 5.11 Å². The minimum Gasteiger partial charge on any atom is -0.481 e. The number of hydrogen-bond donors (Lipinski definition) is 4. The SMILES string of the molecule is CC(C)(C)O.Cc1ccc(-c2c(C)c3c(c(C)c2CC(=O)O)CN(C(=O)c2cccc(B(O)O)c2)C3)cc1. The summed E-state index contributed by atoms with van der Waals surface area (Å²) in [5.41, 5.74) is 7.87. The van der Waals surface area contributed by atoms with Gasteiger partial charge in [0.1, 0.15) is 0 Å². The van der Waals surface area contributed by atoms with E-state index in [9.17, 15) is 24.7 Å². The highest BCUT2D eigenvalue weighted by Gasteiger charge is 2.31. The van der Waals surface area contributed by atoms with Gasteiger partial charge in [-0.3, -0.25) is 9.59 Å². The van der Waals surface area contributed by atoms with Crippen LogP contribution in [0.5, 0.6) is 0 Å². The summed E-state index contributed by atoms with van der Waals surface area (Å²) in [5.74, 6) is -1.10. The Labute approximate surface area is 224 Å². The second-order valence-electron chi connectivity index (χ2n) is 10.8. The lowest BCUT2D eigenvalue weighted by atomic mass is 9.79. The van der Waals surface area contributed by atoms with Gasteiger partial charge in [-0.15, -0.1) is 0 Å². The maximum atomic E-state index is 13.2. The summed E-state index contributed by atoms with van der Waals surface area (Å²) in [6, 6.07) is 14.4. The fraction of sp³-hybridized carbons (Fsp3) is 0.333. The summed E-state index contributed by atoms with van der Waals surface area (Å²) in [5, 5.41) is 37.0. The van der Waals surface area contributed by atoms with E-state index in [2.05, 4.69) is 0 Å². The van der Waals surface area contributed by atoms with Gasteiger partial charge >= 0.3 is 13.1 Å². The van der Waals surface area contributed by atoms with Crippen molar-refractivity contribution in [1.29, 1.82) is 0 Å². The van der Waals surface area contributed by atoms with E-state index in [1.165, 1.54) is 6.07 Å². The van der Waals surface area contributed by atoms with E-state index in [1.54, 1.807) is 43.9 Å². The first-order chi connectivity index (χ1) is 17.7. The Kier molecular flexibility index (Phi) is 8.82. The van der Waals surface area contributed by atoms with Crippen molar-refractivity contribution in [3.05, 3.63) is 87.5 Å². The Morgan fingerprint density at radius 3 is 2.00 bits per heavy atom. The molecular weight excluding hydrogens is 481 g/mol. The normalized spacial score (nSPS) is 12.5. The van der Waals surface area contributed by atoms with E-state index in [1.807, 2.05) is 45.0 Å². The molecule has 0 spiro atoms. The number of aryl methyl sites for hydroxylation is 1. The minimum absolute atomic E-state index is 0.0897. The van der Waals surface area contributed by atoms with Crippen molar-refractivity contribution in [3.63, 3.8) is 0 Å². The number of carbonyl (C=O) groups is 2. The van der Waals surface area contributed by atoms with Crippen LogP contribution in [0.2, 0.25) is 0 Å². The van der Waals surface area contributed by atoms with Gasteiger partial charge in [-0.05, 0) is 98.1 Å². The maximum Gasteiger partial charge on any atom is 0.488 e. The van der Waals surface area contributed by atoms with Crippen LogP contribution in [0.15, 0.2) is 48.5 Å². The Morgan fingerprint density at radius 1 is 0.921 bits per heavy atom. The number of carboxylic acids is 1. The molecule has 38 heavy (non-hydrogen) atoms.